The number of hydrogen-bond donors (Lipinski definition) is 2. The topological polar surface area (TPSA) is 56.5 Å². The van der Waals surface area contributed by atoms with Crippen LogP contribution in [0.2, 0.25) is 0 Å². The molecule has 0 spiro atoms. The number of methoxy groups -OCH3 is 1. The van der Waals surface area contributed by atoms with Crippen LogP contribution in [-0.2, 0) is 4.74 Å². The van der Waals surface area contributed by atoms with E-state index >= 15 is 0 Å². The van der Waals surface area contributed by atoms with E-state index in [-0.39, 0.29) is 5.82 Å². The van der Waals surface area contributed by atoms with Crippen LogP contribution in [0.25, 0.3) is 0 Å². The summed E-state index contributed by atoms with van der Waals surface area (Å²) in [7, 11) is 1.62. The Bertz CT molecular complexity index is 558. The van der Waals surface area contributed by atoms with E-state index in [4.69, 9.17) is 15.2 Å². The minimum atomic E-state index is -0.273. The van der Waals surface area contributed by atoms with Gasteiger partial charge in [0, 0.05) is 18.9 Å². The van der Waals surface area contributed by atoms with E-state index in [2.05, 4.69) is 5.32 Å². The van der Waals surface area contributed by atoms with Gasteiger partial charge in [-0.2, -0.15) is 0 Å². The molecule has 0 aromatic heterocycles. The maximum Gasteiger partial charge on any atom is 0.123 e. The molecule has 0 aliphatic rings. The van der Waals surface area contributed by atoms with E-state index in [1.165, 1.54) is 12.1 Å². The normalized spacial score (nSPS) is 10.3. The second-order valence-corrected chi connectivity index (χ2v) is 4.22. The Morgan fingerprint density at radius 3 is 2.50 bits per heavy atom. The number of nitrogens with one attached hydrogen (secondary N) is 1. The van der Waals surface area contributed by atoms with Gasteiger partial charge in [-0.25, -0.2) is 4.39 Å². The van der Waals surface area contributed by atoms with Crippen LogP contribution >= 0.6 is 0 Å². The summed E-state index contributed by atoms with van der Waals surface area (Å²) >= 11 is 0. The highest BCUT2D eigenvalue weighted by molar-refractivity contribution is 5.73. The molecular formula is C15H17FN2O2. The number of halogens is 1. The first kappa shape index (κ1) is 14.1. The van der Waals surface area contributed by atoms with Crippen molar-refractivity contribution < 1.29 is 13.9 Å². The zero-order chi connectivity index (χ0) is 14.4. The lowest BCUT2D eigenvalue weighted by molar-refractivity contribution is 0.146. The van der Waals surface area contributed by atoms with Gasteiger partial charge in [-0.1, -0.05) is 0 Å². The molecule has 0 aliphatic carbocycles. The van der Waals surface area contributed by atoms with Crippen LogP contribution < -0.4 is 15.8 Å². The van der Waals surface area contributed by atoms with Crippen molar-refractivity contribution in [2.24, 2.45) is 0 Å². The lowest BCUT2D eigenvalue weighted by Crippen LogP contribution is -2.05. The third-order valence-corrected chi connectivity index (χ3v) is 2.70. The first-order valence-electron chi connectivity index (χ1n) is 6.23. The van der Waals surface area contributed by atoms with Crippen molar-refractivity contribution in [3.05, 3.63) is 48.3 Å². The van der Waals surface area contributed by atoms with E-state index < -0.39 is 0 Å². The van der Waals surface area contributed by atoms with Gasteiger partial charge in [-0.15, -0.1) is 0 Å². The molecule has 2 rings (SSSR count). The Labute approximate surface area is 117 Å². The lowest BCUT2D eigenvalue weighted by atomic mass is 10.2. The van der Waals surface area contributed by atoms with Crippen LogP contribution in [0, 0.1) is 5.82 Å². The van der Waals surface area contributed by atoms with Crippen molar-refractivity contribution in [2.75, 3.05) is 31.4 Å². The van der Waals surface area contributed by atoms with Crippen LogP contribution in [0.3, 0.4) is 0 Å². The quantitative estimate of drug-likeness (QED) is 0.628. The number of hydrogen-bond acceptors (Lipinski definition) is 4. The molecule has 106 valence electrons. The van der Waals surface area contributed by atoms with Crippen molar-refractivity contribution in [3.8, 4) is 5.75 Å². The van der Waals surface area contributed by atoms with Gasteiger partial charge < -0.3 is 20.5 Å². The highest BCUT2D eigenvalue weighted by atomic mass is 19.1. The Balaban J connectivity index is 2.03. The molecule has 0 aliphatic heterocycles. The zero-order valence-corrected chi connectivity index (χ0v) is 11.2. The fourth-order valence-corrected chi connectivity index (χ4v) is 1.68. The average Bonchev–Trinajstić information content (AvgIpc) is 2.44. The van der Waals surface area contributed by atoms with Gasteiger partial charge in [-0.05, 0) is 36.4 Å². The summed E-state index contributed by atoms with van der Waals surface area (Å²) in [5.74, 6) is 0.412. The maximum atomic E-state index is 12.8. The van der Waals surface area contributed by atoms with Gasteiger partial charge in [0.1, 0.15) is 18.2 Å². The van der Waals surface area contributed by atoms with E-state index in [1.54, 1.807) is 25.3 Å². The molecule has 0 amide bonds. The summed E-state index contributed by atoms with van der Waals surface area (Å²) < 4.78 is 23.2. The molecule has 0 saturated carbocycles. The van der Waals surface area contributed by atoms with Crippen molar-refractivity contribution in [3.63, 3.8) is 0 Å². The van der Waals surface area contributed by atoms with Gasteiger partial charge >= 0.3 is 0 Å². The summed E-state index contributed by atoms with van der Waals surface area (Å²) in [6, 6.07) is 11.5. The predicted molar refractivity (Wildman–Crippen MR) is 77.9 cm³/mol. The van der Waals surface area contributed by atoms with Crippen molar-refractivity contribution in [1.82, 2.24) is 0 Å². The summed E-state index contributed by atoms with van der Waals surface area (Å²) in [4.78, 5) is 0. The lowest BCUT2D eigenvalue weighted by Gasteiger charge is -2.11. The van der Waals surface area contributed by atoms with Gasteiger partial charge in [0.25, 0.3) is 0 Å². The van der Waals surface area contributed by atoms with Gasteiger partial charge in [0.15, 0.2) is 0 Å². The molecule has 0 saturated heterocycles. The third-order valence-electron chi connectivity index (χ3n) is 2.70. The Kier molecular flexibility index (Phi) is 4.79. The molecule has 5 heteroatoms. The number of nitrogens with two attached hydrogens (primary N) is 1. The van der Waals surface area contributed by atoms with E-state index in [0.717, 1.165) is 11.4 Å². The van der Waals surface area contributed by atoms with Crippen LogP contribution in [-0.4, -0.2) is 20.3 Å². The van der Waals surface area contributed by atoms with Gasteiger partial charge in [0.2, 0.25) is 0 Å². The Morgan fingerprint density at radius 2 is 1.85 bits per heavy atom. The minimum Gasteiger partial charge on any atom is -0.491 e. The SMILES string of the molecule is COCCOc1ccc(Nc2ccc(F)cc2)c(N)c1. The molecule has 0 heterocycles. The van der Waals surface area contributed by atoms with Crippen molar-refractivity contribution >= 4 is 17.1 Å². The molecule has 0 radical (unpaired) electrons. The second kappa shape index (κ2) is 6.77. The standard InChI is InChI=1S/C15H17FN2O2/c1-19-8-9-20-13-6-7-15(14(17)10-13)18-12-4-2-11(16)3-5-12/h2-7,10,18H,8-9,17H2,1H3. The molecule has 20 heavy (non-hydrogen) atoms. The van der Waals surface area contributed by atoms with Crippen LogP contribution in [0.15, 0.2) is 42.5 Å². The van der Waals surface area contributed by atoms with Crippen LogP contribution in [0.1, 0.15) is 0 Å². The van der Waals surface area contributed by atoms with Crippen molar-refractivity contribution in [1.29, 1.82) is 0 Å². The monoisotopic (exact) mass is 276 g/mol. The fraction of sp³-hybridized carbons (Fsp3) is 0.200. The van der Waals surface area contributed by atoms with Gasteiger partial charge in [-0.3, -0.25) is 0 Å². The molecule has 3 N–H and O–H groups in total. The number of nitrogen functional groups attached to an aromatic ring is 1. The van der Waals surface area contributed by atoms with Crippen LogP contribution in [0.5, 0.6) is 5.75 Å². The number of rotatable bonds is 6. The first-order valence-corrected chi connectivity index (χ1v) is 6.23. The second-order valence-electron chi connectivity index (χ2n) is 4.22. The molecule has 0 unspecified atom stereocenters. The van der Waals surface area contributed by atoms with Crippen LogP contribution in [0.4, 0.5) is 21.5 Å². The highest BCUT2D eigenvalue weighted by Crippen LogP contribution is 2.27. The van der Waals surface area contributed by atoms with E-state index in [0.29, 0.717) is 24.7 Å². The number of anilines is 3. The molecule has 4 nitrogen and oxygen atoms in total. The molecule has 0 bridgehead atoms. The summed E-state index contributed by atoms with van der Waals surface area (Å²) in [5, 5.41) is 3.12. The van der Waals surface area contributed by atoms with E-state index in [1.807, 2.05) is 12.1 Å². The van der Waals surface area contributed by atoms with E-state index in [9.17, 15) is 4.39 Å². The number of benzene rings is 2. The summed E-state index contributed by atoms with van der Waals surface area (Å²) in [6.45, 7) is 0.996. The molecule has 0 atom stereocenters. The maximum absolute atomic E-state index is 12.8. The average molecular weight is 276 g/mol. The molecular weight excluding hydrogens is 259 g/mol. The van der Waals surface area contributed by atoms with Crippen molar-refractivity contribution in [2.45, 2.75) is 0 Å². The molecule has 0 fully saturated rings. The fourth-order valence-electron chi connectivity index (χ4n) is 1.68. The van der Waals surface area contributed by atoms with Gasteiger partial charge in [0.05, 0.1) is 18.0 Å². The zero-order valence-electron chi connectivity index (χ0n) is 11.2. The molecule has 2 aromatic carbocycles. The first-order chi connectivity index (χ1) is 9.69. The summed E-state index contributed by atoms with van der Waals surface area (Å²) in [6.07, 6.45) is 0. The minimum absolute atomic E-state index is 0.273. The number of ether oxygens (including phenoxy) is 2. The highest BCUT2D eigenvalue weighted by Gasteiger charge is 2.03. The Hall–Kier alpha value is -2.27. The predicted octanol–water partition coefficient (Wildman–Crippen LogP) is 3.18. The molecule has 2 aromatic rings. The largest absolute Gasteiger partial charge is 0.491 e. The smallest absolute Gasteiger partial charge is 0.123 e. The summed E-state index contributed by atoms with van der Waals surface area (Å²) in [5.41, 5.74) is 8.03. The Morgan fingerprint density at radius 1 is 1.10 bits per heavy atom. The third kappa shape index (κ3) is 3.86.